The van der Waals surface area contributed by atoms with Gasteiger partial charge in [-0.05, 0) is 37.3 Å². The Balaban J connectivity index is 1.59. The molecule has 1 amide bonds. The van der Waals surface area contributed by atoms with Crippen molar-refractivity contribution in [2.75, 3.05) is 0 Å². The summed E-state index contributed by atoms with van der Waals surface area (Å²) in [6.07, 6.45) is 2.56. The van der Waals surface area contributed by atoms with Gasteiger partial charge in [-0.1, -0.05) is 22.8 Å². The topological polar surface area (TPSA) is 119 Å². The van der Waals surface area contributed by atoms with Crippen molar-refractivity contribution in [3.05, 3.63) is 83.2 Å². The predicted octanol–water partition coefficient (Wildman–Crippen LogP) is 2.97. The molecular formula is C21H17ClF2N6O3. The van der Waals surface area contributed by atoms with E-state index in [0.29, 0.717) is 16.7 Å². The first-order chi connectivity index (χ1) is 15.8. The van der Waals surface area contributed by atoms with Gasteiger partial charge in [-0.25, -0.2) is 18.4 Å². The highest BCUT2D eigenvalue weighted by Gasteiger charge is 2.40. The maximum atomic E-state index is 14.6. The van der Waals surface area contributed by atoms with Crippen LogP contribution in [-0.2, 0) is 12.1 Å². The summed E-state index contributed by atoms with van der Waals surface area (Å²) in [6, 6.07) is 8.23. The number of halogens is 3. The second-order valence-corrected chi connectivity index (χ2v) is 7.70. The number of amides is 1. The van der Waals surface area contributed by atoms with E-state index in [-0.39, 0.29) is 23.8 Å². The van der Waals surface area contributed by atoms with Crippen LogP contribution in [0.5, 0.6) is 0 Å². The monoisotopic (exact) mass is 474 g/mol. The largest absolute Gasteiger partial charge is 0.381 e. The van der Waals surface area contributed by atoms with Crippen LogP contribution >= 0.6 is 11.6 Å². The number of aromatic nitrogens is 5. The Morgan fingerprint density at radius 3 is 2.70 bits per heavy atom. The van der Waals surface area contributed by atoms with Crippen molar-refractivity contribution in [2.24, 2.45) is 0 Å². The van der Waals surface area contributed by atoms with E-state index >= 15 is 0 Å². The first-order valence-corrected chi connectivity index (χ1v) is 10.0. The van der Waals surface area contributed by atoms with Gasteiger partial charge in [0.2, 0.25) is 0 Å². The van der Waals surface area contributed by atoms with Gasteiger partial charge in [0.25, 0.3) is 17.6 Å². The van der Waals surface area contributed by atoms with Gasteiger partial charge in [-0.15, -0.1) is 0 Å². The molecule has 0 radical (unpaired) electrons. The molecule has 0 bridgehead atoms. The Morgan fingerprint density at radius 2 is 2.03 bits per heavy atom. The van der Waals surface area contributed by atoms with Gasteiger partial charge in [0, 0.05) is 22.2 Å². The second-order valence-electron chi connectivity index (χ2n) is 7.27. The van der Waals surface area contributed by atoms with Gasteiger partial charge in [-0.3, -0.25) is 4.79 Å². The minimum Gasteiger partial charge on any atom is -0.381 e. The lowest BCUT2D eigenvalue weighted by Crippen LogP contribution is -2.52. The molecule has 4 aromatic rings. The number of nitrogens with one attached hydrogen (secondary N) is 1. The number of rotatable bonds is 7. The standard InChI is InChI=1S/C21H17ClF2N6O3/c1-12(27-19(31)18-28-20(33-29-18)13-2-4-14(22)5-3-13)21(32,9-30-11-25-10-26-30)16-7-6-15(23)8-17(16)24/h2-8,10-12,32H,9H2,1H3,(H,27,31). The average Bonchev–Trinajstić information content (AvgIpc) is 3.46. The first-order valence-electron chi connectivity index (χ1n) is 9.67. The summed E-state index contributed by atoms with van der Waals surface area (Å²) in [4.78, 5) is 20.6. The molecule has 9 nitrogen and oxygen atoms in total. The molecule has 2 atom stereocenters. The first kappa shape index (κ1) is 22.5. The van der Waals surface area contributed by atoms with Crippen molar-refractivity contribution >= 4 is 17.5 Å². The van der Waals surface area contributed by atoms with Gasteiger partial charge in [0.05, 0.1) is 12.6 Å². The molecule has 4 rings (SSSR count). The molecule has 0 saturated carbocycles. The van der Waals surface area contributed by atoms with Crippen LogP contribution in [-0.4, -0.2) is 42.0 Å². The Kier molecular flexibility index (Phi) is 6.16. The highest BCUT2D eigenvalue weighted by Crippen LogP contribution is 2.30. The van der Waals surface area contributed by atoms with Crippen LogP contribution in [0.3, 0.4) is 0 Å². The number of benzene rings is 2. The van der Waals surface area contributed by atoms with E-state index in [2.05, 4.69) is 25.5 Å². The summed E-state index contributed by atoms with van der Waals surface area (Å²) in [5.41, 5.74) is -1.71. The third-order valence-electron chi connectivity index (χ3n) is 5.05. The number of aliphatic hydroxyl groups is 1. The van der Waals surface area contributed by atoms with Crippen molar-refractivity contribution in [1.82, 2.24) is 30.2 Å². The number of nitrogens with zero attached hydrogens (tertiary/aromatic N) is 5. The van der Waals surface area contributed by atoms with Crippen LogP contribution in [0, 0.1) is 11.6 Å². The lowest BCUT2D eigenvalue weighted by molar-refractivity contribution is -0.0187. The molecule has 0 spiro atoms. The minimum atomic E-state index is -2.02. The van der Waals surface area contributed by atoms with E-state index in [9.17, 15) is 18.7 Å². The summed E-state index contributed by atoms with van der Waals surface area (Å²) in [5, 5.41) is 22.1. The molecule has 170 valence electrons. The summed E-state index contributed by atoms with van der Waals surface area (Å²) in [5.74, 6) is -2.77. The van der Waals surface area contributed by atoms with Crippen molar-refractivity contribution in [2.45, 2.75) is 25.1 Å². The molecule has 2 heterocycles. The Morgan fingerprint density at radius 1 is 1.27 bits per heavy atom. The molecule has 12 heteroatoms. The minimum absolute atomic E-state index is 0.0897. The van der Waals surface area contributed by atoms with E-state index in [1.165, 1.54) is 24.3 Å². The van der Waals surface area contributed by atoms with E-state index < -0.39 is 29.2 Å². The smallest absolute Gasteiger partial charge is 0.293 e. The normalized spacial score (nSPS) is 14.0. The zero-order chi connectivity index (χ0) is 23.6. The van der Waals surface area contributed by atoms with Gasteiger partial charge in [0.15, 0.2) is 0 Å². The molecule has 2 N–H and O–H groups in total. The summed E-state index contributed by atoms with van der Waals surface area (Å²) in [6.45, 7) is 1.18. The number of hydrogen-bond acceptors (Lipinski definition) is 7. The molecule has 2 unspecified atom stereocenters. The van der Waals surface area contributed by atoms with Crippen LogP contribution in [0.2, 0.25) is 5.02 Å². The highest BCUT2D eigenvalue weighted by atomic mass is 35.5. The Labute approximate surface area is 191 Å². The fourth-order valence-electron chi connectivity index (χ4n) is 3.26. The molecule has 0 saturated heterocycles. The molecule has 0 fully saturated rings. The number of carbonyl (C=O) groups is 1. The SMILES string of the molecule is CC(NC(=O)c1noc(-c2ccc(Cl)cc2)n1)C(O)(Cn1cncn1)c1ccc(F)cc1F. The summed E-state index contributed by atoms with van der Waals surface area (Å²) >= 11 is 5.86. The second kappa shape index (κ2) is 9.04. The number of hydrogen-bond donors (Lipinski definition) is 2. The molecule has 0 aliphatic rings. The average molecular weight is 475 g/mol. The van der Waals surface area contributed by atoms with Crippen molar-refractivity contribution < 1.29 is 23.2 Å². The van der Waals surface area contributed by atoms with Crippen molar-refractivity contribution in [3.63, 3.8) is 0 Å². The van der Waals surface area contributed by atoms with Gasteiger partial charge < -0.3 is 14.9 Å². The quantitative estimate of drug-likeness (QED) is 0.422. The molecular weight excluding hydrogens is 458 g/mol. The highest BCUT2D eigenvalue weighted by molar-refractivity contribution is 6.30. The van der Waals surface area contributed by atoms with E-state index in [4.69, 9.17) is 16.1 Å². The summed E-state index contributed by atoms with van der Waals surface area (Å²) in [7, 11) is 0. The van der Waals surface area contributed by atoms with Crippen LogP contribution in [0.25, 0.3) is 11.5 Å². The third-order valence-corrected chi connectivity index (χ3v) is 5.30. The van der Waals surface area contributed by atoms with Crippen LogP contribution in [0.15, 0.2) is 59.6 Å². The molecule has 2 aromatic carbocycles. The van der Waals surface area contributed by atoms with Gasteiger partial charge >= 0.3 is 0 Å². The third kappa shape index (κ3) is 4.73. The Hall–Kier alpha value is -3.70. The molecule has 0 aliphatic carbocycles. The maximum absolute atomic E-state index is 14.6. The van der Waals surface area contributed by atoms with E-state index in [1.807, 2.05) is 0 Å². The fourth-order valence-corrected chi connectivity index (χ4v) is 3.39. The Bertz CT molecular complexity index is 1270. The molecule has 2 aromatic heterocycles. The molecule has 0 aliphatic heterocycles. The lowest BCUT2D eigenvalue weighted by atomic mass is 9.86. The van der Waals surface area contributed by atoms with E-state index in [0.717, 1.165) is 12.1 Å². The molecule has 33 heavy (non-hydrogen) atoms. The number of carbonyl (C=O) groups excluding carboxylic acids is 1. The van der Waals surface area contributed by atoms with Crippen molar-refractivity contribution in [1.29, 1.82) is 0 Å². The zero-order valence-corrected chi connectivity index (χ0v) is 17.9. The van der Waals surface area contributed by atoms with Gasteiger partial charge in [0.1, 0.15) is 29.9 Å². The van der Waals surface area contributed by atoms with Crippen LogP contribution < -0.4 is 5.32 Å². The maximum Gasteiger partial charge on any atom is 0.293 e. The predicted molar refractivity (Wildman–Crippen MR) is 112 cm³/mol. The van der Waals surface area contributed by atoms with Crippen molar-refractivity contribution in [3.8, 4) is 11.5 Å². The lowest BCUT2D eigenvalue weighted by Gasteiger charge is -2.35. The fraction of sp³-hybridized carbons (Fsp3) is 0.190. The van der Waals surface area contributed by atoms with Crippen LogP contribution in [0.4, 0.5) is 8.78 Å². The zero-order valence-electron chi connectivity index (χ0n) is 17.1. The van der Waals surface area contributed by atoms with Gasteiger partial charge in [-0.2, -0.15) is 10.1 Å². The summed E-state index contributed by atoms with van der Waals surface area (Å²) < 4.78 is 34.5. The van der Waals surface area contributed by atoms with E-state index in [1.54, 1.807) is 24.3 Å². The van der Waals surface area contributed by atoms with Crippen LogP contribution in [0.1, 0.15) is 23.1 Å².